The Bertz CT molecular complexity index is 8180. The number of hydrogen-bond donors (Lipinski definition) is 0. The van der Waals surface area contributed by atoms with E-state index in [0.29, 0.717) is 0 Å². The van der Waals surface area contributed by atoms with Crippen LogP contribution in [-0.2, 0) is 0 Å². The first-order valence-electron chi connectivity index (χ1n) is 42.9. The van der Waals surface area contributed by atoms with E-state index in [9.17, 15) is 0 Å². The average molecular weight is 1610 g/mol. The molecule has 27 aromatic rings. The number of para-hydroxylation sites is 9. The minimum absolute atomic E-state index is 1.02. The van der Waals surface area contributed by atoms with E-state index in [1.54, 1.807) is 0 Å². The number of nitrogens with zero attached hydrogens (tertiary/aromatic N) is 9. The normalized spacial score (nSPS) is 11.8. The van der Waals surface area contributed by atoms with Crippen LogP contribution in [0.1, 0.15) is 0 Å². The van der Waals surface area contributed by atoms with Crippen molar-refractivity contribution in [3.63, 3.8) is 0 Å². The van der Waals surface area contributed by atoms with E-state index in [-0.39, 0.29) is 0 Å². The van der Waals surface area contributed by atoms with Gasteiger partial charge in [0.1, 0.15) is 0 Å². The summed E-state index contributed by atoms with van der Waals surface area (Å²) in [6, 6.07) is 153. The van der Waals surface area contributed by atoms with Crippen molar-refractivity contribution in [3.05, 3.63) is 456 Å². The van der Waals surface area contributed by atoms with Crippen LogP contribution in [0, 0.1) is 0 Å². The summed E-state index contributed by atoms with van der Waals surface area (Å²) in [7, 11) is 0. The quantitative estimate of drug-likeness (QED) is 0.145. The molecule has 0 saturated carbocycles. The highest BCUT2D eigenvalue weighted by Gasteiger charge is 2.24. The summed E-state index contributed by atoms with van der Waals surface area (Å²) in [5.74, 6) is 0. The molecule has 0 radical (unpaired) electrons. The Hall–Kier alpha value is -17.0. The first-order chi connectivity index (χ1) is 62.5. The molecule has 9 heteroatoms. The summed E-state index contributed by atoms with van der Waals surface area (Å²) in [5, 5.41) is 20.8. The molecule has 588 valence electrons. The standard InChI is InChI=1S/3C39H25N3/c1-3-11-29(12-4-1)41-35-16-8-7-15-31(35)33-24-27(18-21-36(33)41)28-19-22-37-34(25-28)32-20-17-26-10-9-23-40-38(26)39(32)42(37)30-13-5-2-6-14-30;1-3-9-29(10-4-1)41-36-14-8-7-13-32(36)34-23-26(16-19-37(34)41)27-17-20-38-35(24-27)33-18-15-28-25-40-22-21-31(28)39(33)42(38)30-11-5-2-6-12-30;1-3-9-29(10-4-1)41-36-14-8-7-13-31(36)33-23-27(16-19-37(33)41)28-17-20-38-34(24-28)32-18-15-26-21-22-40-25-35(26)39(32)42(38)30-11-5-2-6-12-30/h3*1-25H. The summed E-state index contributed by atoms with van der Waals surface area (Å²) >= 11 is 0. The molecule has 9 heterocycles. The third-order valence-corrected chi connectivity index (χ3v) is 25.7. The zero-order valence-electron chi connectivity index (χ0n) is 68.3. The minimum Gasteiger partial charge on any atom is -0.309 e. The molecule has 0 atom stereocenters. The minimum atomic E-state index is 1.02. The third kappa shape index (κ3) is 11.6. The lowest BCUT2D eigenvalue weighted by molar-refractivity contribution is 1.18. The Balaban J connectivity index is 0.000000103. The second-order valence-corrected chi connectivity index (χ2v) is 32.6. The highest BCUT2D eigenvalue weighted by Crippen LogP contribution is 2.46. The Morgan fingerprint density at radius 1 is 0.151 bits per heavy atom. The molecule has 18 aromatic carbocycles. The molecule has 27 rings (SSSR count). The fourth-order valence-corrected chi connectivity index (χ4v) is 20.1. The molecule has 0 spiro atoms. The molecule has 0 unspecified atom stereocenters. The lowest BCUT2D eigenvalue weighted by atomic mass is 10.00. The predicted molar refractivity (Wildman–Crippen MR) is 528 cm³/mol. The van der Waals surface area contributed by atoms with Gasteiger partial charge in [-0.2, -0.15) is 0 Å². The van der Waals surface area contributed by atoms with Gasteiger partial charge in [0.2, 0.25) is 0 Å². The van der Waals surface area contributed by atoms with E-state index in [0.717, 1.165) is 44.3 Å². The van der Waals surface area contributed by atoms with E-state index in [2.05, 4.69) is 456 Å². The van der Waals surface area contributed by atoms with Crippen LogP contribution in [0.5, 0.6) is 0 Å². The predicted octanol–water partition coefficient (Wildman–Crippen LogP) is 30.3. The van der Waals surface area contributed by atoms with E-state index >= 15 is 0 Å². The molecule has 0 aliphatic rings. The number of pyridine rings is 3. The fraction of sp³-hybridized carbons (Fsp3) is 0. The van der Waals surface area contributed by atoms with E-state index in [1.807, 2.05) is 37.1 Å². The maximum Gasteiger partial charge on any atom is 0.0948 e. The maximum absolute atomic E-state index is 4.84. The Labute approximate surface area is 723 Å². The van der Waals surface area contributed by atoms with Gasteiger partial charge < -0.3 is 27.4 Å². The van der Waals surface area contributed by atoms with Crippen molar-refractivity contribution < 1.29 is 0 Å². The number of hydrogen-bond acceptors (Lipinski definition) is 3. The first kappa shape index (κ1) is 71.9. The van der Waals surface area contributed by atoms with Crippen molar-refractivity contribution in [1.29, 1.82) is 0 Å². The highest BCUT2D eigenvalue weighted by molar-refractivity contribution is 6.23. The number of fused-ring (bicyclic) bond motifs is 24. The van der Waals surface area contributed by atoms with E-state index in [4.69, 9.17) is 4.98 Å². The Morgan fingerprint density at radius 2 is 0.437 bits per heavy atom. The van der Waals surface area contributed by atoms with E-state index < -0.39 is 0 Å². The van der Waals surface area contributed by atoms with Gasteiger partial charge in [-0.05, 0) is 221 Å². The van der Waals surface area contributed by atoms with Gasteiger partial charge in [0.05, 0.1) is 71.7 Å². The van der Waals surface area contributed by atoms with Gasteiger partial charge in [-0.3, -0.25) is 15.0 Å². The topological polar surface area (TPSA) is 68.2 Å². The maximum atomic E-state index is 4.84. The van der Waals surface area contributed by atoms with Crippen molar-refractivity contribution in [3.8, 4) is 67.5 Å². The van der Waals surface area contributed by atoms with Crippen LogP contribution < -0.4 is 0 Å². The molecule has 0 amide bonds. The van der Waals surface area contributed by atoms with Gasteiger partial charge in [-0.25, -0.2) is 0 Å². The van der Waals surface area contributed by atoms with Crippen LogP contribution in [0.4, 0.5) is 0 Å². The first-order valence-corrected chi connectivity index (χ1v) is 42.9. The second kappa shape index (κ2) is 29.4. The summed E-state index contributed by atoms with van der Waals surface area (Å²) in [4.78, 5) is 13.7. The molecule has 9 nitrogen and oxygen atoms in total. The zero-order valence-corrected chi connectivity index (χ0v) is 68.3. The average Bonchev–Trinajstić information content (AvgIpc) is 1.58. The molecule has 126 heavy (non-hydrogen) atoms. The van der Waals surface area contributed by atoms with Gasteiger partial charge in [0.15, 0.2) is 0 Å². The van der Waals surface area contributed by atoms with Crippen LogP contribution in [0.3, 0.4) is 0 Å². The molecule has 9 aromatic heterocycles. The van der Waals surface area contributed by atoms with Crippen LogP contribution in [0.25, 0.3) is 231 Å². The molecule has 0 saturated heterocycles. The highest BCUT2D eigenvalue weighted by atomic mass is 15.0. The summed E-state index contributed by atoms with van der Waals surface area (Å²) in [6.45, 7) is 0. The van der Waals surface area contributed by atoms with Gasteiger partial charge in [0, 0.05) is 151 Å². The molecule has 0 bridgehead atoms. The number of aromatic nitrogens is 9. The Kier molecular flexibility index (Phi) is 16.8. The van der Waals surface area contributed by atoms with Crippen LogP contribution in [-0.4, -0.2) is 42.4 Å². The van der Waals surface area contributed by atoms with Gasteiger partial charge in [-0.1, -0.05) is 243 Å². The van der Waals surface area contributed by atoms with Crippen molar-refractivity contribution in [1.82, 2.24) is 42.4 Å². The Morgan fingerprint density at radius 3 is 0.825 bits per heavy atom. The van der Waals surface area contributed by atoms with E-state index in [1.165, 1.54) is 187 Å². The molecule has 0 fully saturated rings. The van der Waals surface area contributed by atoms with Crippen molar-refractivity contribution >= 4 is 163 Å². The summed E-state index contributed by atoms with van der Waals surface area (Å²) in [5.41, 5.74) is 29.7. The summed E-state index contributed by atoms with van der Waals surface area (Å²) in [6.07, 6.45) is 9.59. The lowest BCUT2D eigenvalue weighted by Crippen LogP contribution is -1.94. The van der Waals surface area contributed by atoms with Crippen molar-refractivity contribution in [2.24, 2.45) is 0 Å². The third-order valence-electron chi connectivity index (χ3n) is 25.7. The lowest BCUT2D eigenvalue weighted by Gasteiger charge is -2.10. The molecule has 0 aliphatic heterocycles. The largest absolute Gasteiger partial charge is 0.309 e. The van der Waals surface area contributed by atoms with Gasteiger partial charge in [0.25, 0.3) is 0 Å². The zero-order chi connectivity index (χ0) is 82.9. The smallest absolute Gasteiger partial charge is 0.0948 e. The monoisotopic (exact) mass is 1610 g/mol. The van der Waals surface area contributed by atoms with Crippen molar-refractivity contribution in [2.45, 2.75) is 0 Å². The molecular weight excluding hydrogens is 1530 g/mol. The van der Waals surface area contributed by atoms with Crippen LogP contribution in [0.15, 0.2) is 456 Å². The SMILES string of the molecule is c1ccc(-n2c3ccccc3c3cc(-c4ccc5c(c4)c4ccc6cccnc6c4n5-c4ccccc4)ccc32)cc1.c1ccc(-n2c3ccccc3c3cc(-c4ccc5c(c4)c4ccc6ccncc6c4n5-c4ccccc4)ccc32)cc1.c1ccc(-n2c3ccccc3c3cc(-c4ccc5c(c4)c4ccc6cnccc6c4n5-c4ccccc4)ccc32)cc1. The number of rotatable bonds is 9. The fourth-order valence-electron chi connectivity index (χ4n) is 20.1. The van der Waals surface area contributed by atoms with Crippen LogP contribution >= 0.6 is 0 Å². The van der Waals surface area contributed by atoms with Gasteiger partial charge >= 0.3 is 0 Å². The molecule has 0 N–H and O–H groups in total. The van der Waals surface area contributed by atoms with Crippen molar-refractivity contribution in [2.75, 3.05) is 0 Å². The summed E-state index contributed by atoms with van der Waals surface area (Å²) < 4.78 is 14.2. The number of benzene rings is 18. The second-order valence-electron chi connectivity index (χ2n) is 32.6. The van der Waals surface area contributed by atoms with Crippen LogP contribution in [0.2, 0.25) is 0 Å². The van der Waals surface area contributed by atoms with Gasteiger partial charge in [-0.15, -0.1) is 0 Å². The molecular formula is C117H75N9. The molecule has 0 aliphatic carbocycles.